The second-order valence-corrected chi connectivity index (χ2v) is 19.1. The fraction of sp³-hybridized carbons (Fsp3) is 0. The van der Waals surface area contributed by atoms with Gasteiger partial charge in [0.05, 0.1) is 49.8 Å². The molecule has 0 saturated carbocycles. The summed E-state index contributed by atoms with van der Waals surface area (Å²) in [5.74, 6) is 0. The Morgan fingerprint density at radius 1 is 0.368 bits per heavy atom. The highest BCUT2D eigenvalue weighted by Gasteiger charge is 2.29. The number of hydrogen-bond acceptors (Lipinski definition) is 6. The molecule has 8 heteroatoms. The minimum Gasteiger partial charge on any atom is -0.455 e. The molecule has 0 bridgehead atoms. The average Bonchev–Trinajstić information content (AvgIpc) is 4.39. The third-order valence-electron chi connectivity index (χ3n) is 15.0. The first-order valence-electron chi connectivity index (χ1n) is 25.3. The Bertz CT molecular complexity index is 4770. The molecule has 0 amide bonds. The van der Waals surface area contributed by atoms with Crippen molar-refractivity contribution in [1.82, 2.24) is 9.13 Å². The number of rotatable bonds is 9. The van der Waals surface area contributed by atoms with Crippen molar-refractivity contribution in [2.75, 3.05) is 9.80 Å². The van der Waals surface area contributed by atoms with Crippen molar-refractivity contribution in [3.8, 4) is 17.4 Å². The lowest BCUT2D eigenvalue weighted by molar-refractivity contribution is 0.672. The molecule has 1 N–H and O–H groups in total. The van der Waals surface area contributed by atoms with E-state index in [1.165, 1.54) is 6.21 Å². The second kappa shape index (κ2) is 17.0. The number of nitriles is 1. The maximum atomic E-state index is 11.5. The van der Waals surface area contributed by atoms with Crippen LogP contribution in [-0.2, 0) is 0 Å². The third-order valence-corrected chi connectivity index (χ3v) is 15.0. The van der Waals surface area contributed by atoms with E-state index in [-0.39, 0.29) is 0 Å². The first-order valence-corrected chi connectivity index (χ1v) is 25.3. The van der Waals surface area contributed by atoms with Crippen LogP contribution in [0, 0.1) is 16.7 Å². The summed E-state index contributed by atoms with van der Waals surface area (Å²) in [6, 6.07) is 86.2. The highest BCUT2D eigenvalue weighted by molar-refractivity contribution is 6.26. The molecule has 15 aromatic rings. The van der Waals surface area contributed by atoms with Gasteiger partial charge in [-0.2, -0.15) is 5.26 Å². The smallest absolute Gasteiger partial charge is 0.145 e. The van der Waals surface area contributed by atoms with Crippen LogP contribution in [0.4, 0.5) is 34.1 Å². The molecule has 0 saturated heterocycles. The fourth-order valence-corrected chi connectivity index (χ4v) is 11.8. The summed E-state index contributed by atoms with van der Waals surface area (Å²) in [5, 5.41) is 28.5. The number of aromatic nitrogens is 2. The molecular weight excluding hydrogens is 933 g/mol. The van der Waals surface area contributed by atoms with E-state index in [4.69, 9.17) is 8.83 Å². The van der Waals surface area contributed by atoms with Gasteiger partial charge in [0, 0.05) is 78.2 Å². The van der Waals surface area contributed by atoms with E-state index >= 15 is 0 Å². The molecule has 0 aliphatic carbocycles. The van der Waals surface area contributed by atoms with E-state index in [2.05, 4.69) is 195 Å². The van der Waals surface area contributed by atoms with Crippen molar-refractivity contribution < 1.29 is 8.83 Å². The van der Waals surface area contributed by atoms with Gasteiger partial charge in [0.15, 0.2) is 0 Å². The van der Waals surface area contributed by atoms with Crippen molar-refractivity contribution in [3.05, 3.63) is 254 Å². The Hall–Kier alpha value is -10.6. The highest BCUT2D eigenvalue weighted by atomic mass is 16.3. The van der Waals surface area contributed by atoms with E-state index in [1.54, 1.807) is 0 Å². The van der Waals surface area contributed by atoms with Gasteiger partial charge < -0.3 is 33.2 Å². The summed E-state index contributed by atoms with van der Waals surface area (Å²) in [7, 11) is 0. The summed E-state index contributed by atoms with van der Waals surface area (Å²) >= 11 is 0. The number of anilines is 6. The maximum Gasteiger partial charge on any atom is 0.145 e. The van der Waals surface area contributed by atoms with E-state index in [1.807, 2.05) is 72.8 Å². The number of hydrogen-bond donors (Lipinski definition) is 1. The summed E-state index contributed by atoms with van der Waals surface area (Å²) in [5.41, 5.74) is 15.0. The molecule has 0 aliphatic heterocycles. The summed E-state index contributed by atoms with van der Waals surface area (Å²) in [4.78, 5) is 4.54. The quantitative estimate of drug-likeness (QED) is 0.146. The van der Waals surface area contributed by atoms with E-state index in [0.717, 1.165) is 122 Å². The van der Waals surface area contributed by atoms with Gasteiger partial charge in [-0.1, -0.05) is 109 Å². The van der Waals surface area contributed by atoms with Crippen LogP contribution >= 0.6 is 0 Å². The van der Waals surface area contributed by atoms with Crippen molar-refractivity contribution >= 4 is 128 Å². The molecule has 0 radical (unpaired) electrons. The summed E-state index contributed by atoms with van der Waals surface area (Å²) in [6.07, 6.45) is 1.40. The molecule has 4 heterocycles. The van der Waals surface area contributed by atoms with Gasteiger partial charge in [-0.3, -0.25) is 0 Å². The Labute approximate surface area is 435 Å². The molecule has 4 aromatic heterocycles. The highest BCUT2D eigenvalue weighted by Crippen LogP contribution is 2.48. The van der Waals surface area contributed by atoms with Gasteiger partial charge >= 0.3 is 0 Å². The third kappa shape index (κ3) is 6.40. The topological polar surface area (TPSA) is 90.3 Å². The Morgan fingerprint density at radius 2 is 0.763 bits per heavy atom. The van der Waals surface area contributed by atoms with Crippen LogP contribution in [0.5, 0.6) is 0 Å². The predicted molar refractivity (Wildman–Crippen MR) is 312 cm³/mol. The number of fused-ring (bicyclic) bond motifs is 14. The van der Waals surface area contributed by atoms with Crippen molar-refractivity contribution in [2.24, 2.45) is 0 Å². The number of para-hydroxylation sites is 6. The molecule has 0 fully saturated rings. The SMILES string of the molecule is N#Cc1ccc(C=N)c(-n2c3ccc(N(c4ccccc4)c4ccccc4)cc3c3c4oc5ccccc5c4ccc32)c1-n1c2ccc(N(c3ccccc3)c3ccccc3)cc2c2c3oc4ccccc4c3ccc21. The normalized spacial score (nSPS) is 11.7. The van der Waals surface area contributed by atoms with Gasteiger partial charge in [0.1, 0.15) is 28.4 Å². The fourth-order valence-electron chi connectivity index (χ4n) is 11.8. The largest absolute Gasteiger partial charge is 0.455 e. The van der Waals surface area contributed by atoms with E-state index in [0.29, 0.717) is 22.5 Å². The molecule has 0 spiro atoms. The first-order chi connectivity index (χ1) is 37.6. The number of nitrogens with one attached hydrogen (secondary N) is 1. The van der Waals surface area contributed by atoms with Crippen molar-refractivity contribution in [2.45, 2.75) is 0 Å². The van der Waals surface area contributed by atoms with Crippen LogP contribution in [0.3, 0.4) is 0 Å². The summed E-state index contributed by atoms with van der Waals surface area (Å²) < 4.78 is 18.3. The molecule has 356 valence electrons. The van der Waals surface area contributed by atoms with E-state index < -0.39 is 0 Å². The second-order valence-electron chi connectivity index (χ2n) is 19.1. The number of nitrogens with zero attached hydrogens (tertiary/aromatic N) is 5. The van der Waals surface area contributed by atoms with Crippen LogP contribution in [0.15, 0.2) is 251 Å². The molecule has 0 atom stereocenters. The number of benzene rings is 11. The standard InChI is InChI=1S/C68H42N6O2/c69-41-43-29-30-44(42-70)66(74-58-36-32-50(72(47-21-9-3-10-22-47)48-23-11-4-12-24-48)40-56(58)64-60(74)38-34-54-52-26-14-16-28-62(52)76-68(54)64)65(43)73-57-35-31-49(71(45-17-5-1-6-18-45)46-19-7-2-8-20-46)39-55(57)63-59(73)37-33-53-51-25-13-15-27-61(51)75-67(53)63/h1-41,69H. The van der Waals surface area contributed by atoms with Gasteiger partial charge in [-0.15, -0.1) is 0 Å². The van der Waals surface area contributed by atoms with Crippen LogP contribution in [0.1, 0.15) is 11.1 Å². The predicted octanol–water partition coefficient (Wildman–Crippen LogP) is 18.5. The van der Waals surface area contributed by atoms with Crippen LogP contribution in [0.2, 0.25) is 0 Å². The van der Waals surface area contributed by atoms with Gasteiger partial charge in [0.25, 0.3) is 0 Å². The van der Waals surface area contributed by atoms with Crippen LogP contribution in [0.25, 0.3) is 98.9 Å². The molecule has 8 nitrogen and oxygen atoms in total. The van der Waals surface area contributed by atoms with Crippen LogP contribution < -0.4 is 9.80 Å². The minimum absolute atomic E-state index is 0.444. The zero-order valence-corrected chi connectivity index (χ0v) is 40.7. The Balaban J connectivity index is 1.07. The molecule has 0 aliphatic rings. The lowest BCUT2D eigenvalue weighted by Gasteiger charge is -2.26. The zero-order valence-electron chi connectivity index (χ0n) is 40.7. The van der Waals surface area contributed by atoms with Crippen molar-refractivity contribution in [1.29, 1.82) is 10.7 Å². The molecular formula is C68H42N6O2. The lowest BCUT2D eigenvalue weighted by atomic mass is 10.0. The zero-order chi connectivity index (χ0) is 50.4. The van der Waals surface area contributed by atoms with Gasteiger partial charge in [-0.25, -0.2) is 0 Å². The summed E-state index contributed by atoms with van der Waals surface area (Å²) in [6.45, 7) is 0. The van der Waals surface area contributed by atoms with Crippen molar-refractivity contribution in [3.63, 3.8) is 0 Å². The molecule has 0 unspecified atom stereocenters. The molecule has 11 aromatic carbocycles. The monoisotopic (exact) mass is 974 g/mol. The number of furan rings is 2. The van der Waals surface area contributed by atoms with E-state index in [9.17, 15) is 10.7 Å². The Kier molecular flexibility index (Phi) is 9.61. The van der Waals surface area contributed by atoms with Crippen LogP contribution in [-0.4, -0.2) is 15.3 Å². The minimum atomic E-state index is 0.444. The van der Waals surface area contributed by atoms with Gasteiger partial charge in [-0.05, 0) is 133 Å². The van der Waals surface area contributed by atoms with Gasteiger partial charge in [0.2, 0.25) is 0 Å². The molecule has 15 rings (SSSR count). The average molecular weight is 975 g/mol. The first kappa shape index (κ1) is 43.0. The Morgan fingerprint density at radius 3 is 1.18 bits per heavy atom. The molecule has 76 heavy (non-hydrogen) atoms. The maximum absolute atomic E-state index is 11.5. The lowest BCUT2D eigenvalue weighted by Crippen LogP contribution is -2.11.